The number of aromatic nitrogens is 2. The predicted molar refractivity (Wildman–Crippen MR) is 147 cm³/mol. The van der Waals surface area contributed by atoms with Crippen molar-refractivity contribution in [2.75, 3.05) is 25.5 Å². The molecule has 0 aliphatic carbocycles. The molecule has 1 saturated heterocycles. The van der Waals surface area contributed by atoms with E-state index in [4.69, 9.17) is 9.40 Å². The summed E-state index contributed by atoms with van der Waals surface area (Å²) in [5.74, 6) is 2.69. The van der Waals surface area contributed by atoms with E-state index in [1.54, 1.807) is 12.5 Å². The summed E-state index contributed by atoms with van der Waals surface area (Å²) < 4.78 is 5.42. The zero-order valence-corrected chi connectivity index (χ0v) is 21.9. The van der Waals surface area contributed by atoms with Gasteiger partial charge >= 0.3 is 0 Å². The van der Waals surface area contributed by atoms with E-state index in [0.717, 1.165) is 56.0 Å². The molecule has 0 saturated carbocycles. The molecule has 5 rings (SSSR count). The Labute approximate surface area is 214 Å². The number of hydrogen-bond acceptors (Lipinski definition) is 6. The highest BCUT2D eigenvalue weighted by Crippen LogP contribution is 2.32. The Morgan fingerprint density at radius 2 is 1.97 bits per heavy atom. The van der Waals surface area contributed by atoms with Crippen LogP contribution < -0.4 is 5.32 Å². The van der Waals surface area contributed by atoms with Crippen LogP contribution >= 0.6 is 0 Å². The lowest BCUT2D eigenvalue weighted by atomic mass is 9.93. The zero-order valence-electron chi connectivity index (χ0n) is 21.9. The van der Waals surface area contributed by atoms with Gasteiger partial charge in [0.1, 0.15) is 12.1 Å². The van der Waals surface area contributed by atoms with Crippen molar-refractivity contribution in [2.24, 2.45) is 11.8 Å². The van der Waals surface area contributed by atoms with Gasteiger partial charge in [0.15, 0.2) is 0 Å². The Balaban J connectivity index is 1.29. The summed E-state index contributed by atoms with van der Waals surface area (Å²) >= 11 is 0. The second-order valence-electron chi connectivity index (χ2n) is 9.97. The van der Waals surface area contributed by atoms with Crippen molar-refractivity contribution in [1.82, 2.24) is 19.8 Å². The van der Waals surface area contributed by atoms with E-state index in [9.17, 15) is 0 Å². The first-order valence-corrected chi connectivity index (χ1v) is 13.1. The summed E-state index contributed by atoms with van der Waals surface area (Å²) in [7, 11) is 2.15. The van der Waals surface area contributed by atoms with Gasteiger partial charge in [0.25, 0.3) is 0 Å². The molecule has 1 N–H and O–H groups in total. The fourth-order valence-corrected chi connectivity index (χ4v) is 5.35. The van der Waals surface area contributed by atoms with Crippen LogP contribution in [-0.4, -0.2) is 39.9 Å². The van der Waals surface area contributed by atoms with E-state index < -0.39 is 0 Å². The van der Waals surface area contributed by atoms with Crippen LogP contribution in [0.5, 0.6) is 0 Å². The maximum atomic E-state index is 5.42. The first-order valence-electron chi connectivity index (χ1n) is 13.1. The maximum Gasteiger partial charge on any atom is 0.208 e. The van der Waals surface area contributed by atoms with Crippen molar-refractivity contribution in [3.05, 3.63) is 84.0 Å². The number of nitrogens with zero attached hydrogens (tertiary/aromatic N) is 4. The quantitative estimate of drug-likeness (QED) is 0.405. The van der Waals surface area contributed by atoms with Crippen LogP contribution in [0.1, 0.15) is 51.5 Å². The number of likely N-dealkylation sites (tertiary alicyclic amines) is 1. The molecule has 1 unspecified atom stereocenters. The van der Waals surface area contributed by atoms with Gasteiger partial charge in [-0.05, 0) is 75.2 Å². The molecule has 1 fully saturated rings. The summed E-state index contributed by atoms with van der Waals surface area (Å²) in [6.45, 7) is 9.42. The number of hydrogen-bond donors (Lipinski definition) is 1. The second kappa shape index (κ2) is 10.7. The monoisotopic (exact) mass is 483 g/mol. The molecule has 6 nitrogen and oxygen atoms in total. The molecule has 36 heavy (non-hydrogen) atoms. The van der Waals surface area contributed by atoms with Gasteiger partial charge < -0.3 is 14.6 Å². The highest BCUT2D eigenvalue weighted by atomic mass is 16.3. The minimum absolute atomic E-state index is 0.487. The van der Waals surface area contributed by atoms with Gasteiger partial charge in [0, 0.05) is 41.6 Å². The number of pyridine rings is 1. The number of piperidine rings is 1. The number of oxazole rings is 1. The van der Waals surface area contributed by atoms with Crippen LogP contribution in [0.15, 0.2) is 77.0 Å². The summed E-state index contributed by atoms with van der Waals surface area (Å²) in [5, 5.41) is 6.01. The highest BCUT2D eigenvalue weighted by molar-refractivity contribution is 5.87. The third-order valence-electron chi connectivity index (χ3n) is 7.66. The smallest absolute Gasteiger partial charge is 0.208 e. The molecular formula is C30H37N5O. The first kappa shape index (κ1) is 24.3. The Morgan fingerprint density at radius 1 is 1.14 bits per heavy atom. The molecule has 1 aromatic carbocycles. The molecule has 4 heterocycles. The van der Waals surface area contributed by atoms with Crippen molar-refractivity contribution in [1.29, 1.82) is 0 Å². The number of rotatable bonds is 7. The molecule has 6 heteroatoms. The van der Waals surface area contributed by atoms with Crippen molar-refractivity contribution in [2.45, 2.75) is 46.6 Å². The lowest BCUT2D eigenvalue weighted by Crippen LogP contribution is -2.34. The summed E-state index contributed by atoms with van der Waals surface area (Å²) in [4.78, 5) is 13.7. The lowest BCUT2D eigenvalue weighted by Gasteiger charge is -2.32. The topological polar surface area (TPSA) is 57.4 Å². The van der Waals surface area contributed by atoms with E-state index in [1.807, 2.05) is 6.20 Å². The van der Waals surface area contributed by atoms with E-state index in [1.165, 1.54) is 28.0 Å². The summed E-state index contributed by atoms with van der Waals surface area (Å²) in [6, 6.07) is 8.88. The van der Waals surface area contributed by atoms with Crippen LogP contribution in [0.3, 0.4) is 0 Å². The third kappa shape index (κ3) is 5.24. The van der Waals surface area contributed by atoms with E-state index in [2.05, 4.69) is 90.4 Å². The van der Waals surface area contributed by atoms with Crippen LogP contribution in [0.4, 0.5) is 5.82 Å². The third-order valence-corrected chi connectivity index (χ3v) is 7.66. The first-order chi connectivity index (χ1) is 17.5. The highest BCUT2D eigenvalue weighted by Gasteiger charge is 2.23. The molecule has 0 radical (unpaired) electrons. The standard InChI is InChI=1S/C30H37N5O/c1-5-22-15-21(3)34(4)28(16-22)24-7-8-25-19-32-29(18-26(25)17-24)33-27(6-2)23-9-12-35(13-10-23)20-30-31-11-14-36-30/h6-8,11,14-19,22-23H,5,9-10,12-13,20H2,1-4H3,(H,32,33)/b27-6+. The molecule has 2 aliphatic rings. The Hall–Kier alpha value is -3.38. The number of fused-ring (bicyclic) bond motifs is 1. The molecule has 2 aliphatic heterocycles. The average molecular weight is 484 g/mol. The van der Waals surface area contributed by atoms with Crippen LogP contribution in [0, 0.1) is 11.8 Å². The predicted octanol–water partition coefficient (Wildman–Crippen LogP) is 6.67. The van der Waals surface area contributed by atoms with Gasteiger partial charge in [-0.3, -0.25) is 4.90 Å². The second-order valence-corrected chi connectivity index (χ2v) is 9.97. The molecule has 0 bridgehead atoms. The molecule has 1 atom stereocenters. The van der Waals surface area contributed by atoms with Gasteiger partial charge in [0.2, 0.25) is 5.89 Å². The van der Waals surface area contributed by atoms with E-state index in [0.29, 0.717) is 11.8 Å². The average Bonchev–Trinajstić information content (AvgIpc) is 3.42. The Morgan fingerprint density at radius 3 is 2.69 bits per heavy atom. The Bertz CT molecular complexity index is 1280. The fraction of sp³-hybridized carbons (Fsp3) is 0.400. The van der Waals surface area contributed by atoms with E-state index >= 15 is 0 Å². The fourth-order valence-electron chi connectivity index (χ4n) is 5.35. The number of allylic oxidation sites excluding steroid dienone is 5. The van der Waals surface area contributed by atoms with Gasteiger partial charge in [-0.2, -0.15) is 0 Å². The van der Waals surface area contributed by atoms with E-state index in [-0.39, 0.29) is 0 Å². The van der Waals surface area contributed by atoms with Crippen LogP contribution in [0.25, 0.3) is 16.5 Å². The molecule has 188 valence electrons. The molecular weight excluding hydrogens is 446 g/mol. The van der Waals surface area contributed by atoms with Gasteiger partial charge in [-0.25, -0.2) is 9.97 Å². The number of benzene rings is 1. The largest absolute Gasteiger partial charge is 0.448 e. The molecule has 3 aromatic rings. The Kier molecular flexibility index (Phi) is 7.23. The van der Waals surface area contributed by atoms with Crippen molar-refractivity contribution in [3.63, 3.8) is 0 Å². The summed E-state index contributed by atoms with van der Waals surface area (Å²) in [6.07, 6.45) is 15.6. The molecule has 0 spiro atoms. The zero-order chi connectivity index (χ0) is 25.1. The summed E-state index contributed by atoms with van der Waals surface area (Å²) in [5.41, 5.74) is 5.09. The van der Waals surface area contributed by atoms with Gasteiger partial charge in [0.05, 0.1) is 12.7 Å². The van der Waals surface area contributed by atoms with Crippen molar-refractivity contribution in [3.8, 4) is 0 Å². The minimum atomic E-state index is 0.487. The molecule has 2 aromatic heterocycles. The lowest BCUT2D eigenvalue weighted by molar-refractivity contribution is 0.176. The van der Waals surface area contributed by atoms with Gasteiger partial charge in [-0.1, -0.05) is 37.3 Å². The number of anilines is 1. The van der Waals surface area contributed by atoms with Gasteiger partial charge in [-0.15, -0.1) is 0 Å². The van der Waals surface area contributed by atoms with Crippen molar-refractivity contribution >= 4 is 22.3 Å². The minimum Gasteiger partial charge on any atom is -0.448 e. The van der Waals surface area contributed by atoms with Crippen LogP contribution in [0.2, 0.25) is 0 Å². The maximum absolute atomic E-state index is 5.42. The normalized spacial score (nSPS) is 19.9. The van der Waals surface area contributed by atoms with Crippen LogP contribution in [-0.2, 0) is 6.54 Å². The SMILES string of the molecule is C/C=C(/Nc1cc2cc(C3=CC(CC)C=C(C)N3C)ccc2cn1)C1CCN(Cc2ncco2)CC1. The number of nitrogens with one attached hydrogen (secondary N) is 1. The molecule has 0 amide bonds. The van der Waals surface area contributed by atoms with Crippen molar-refractivity contribution < 1.29 is 4.42 Å².